The molecule has 2 atom stereocenters. The zero-order valence-electron chi connectivity index (χ0n) is 9.07. The number of carbonyl (C=O) groups excluding carboxylic acids is 1. The number of hydrogen-bond donors (Lipinski definition) is 2. The largest absolute Gasteiger partial charge is 0.393 e. The molecule has 1 heterocycles. The summed E-state index contributed by atoms with van der Waals surface area (Å²) in [5.41, 5.74) is 0. The van der Waals surface area contributed by atoms with E-state index in [2.05, 4.69) is 5.32 Å². The molecule has 2 N–H and O–H groups in total. The van der Waals surface area contributed by atoms with E-state index >= 15 is 0 Å². The van der Waals surface area contributed by atoms with Gasteiger partial charge in [-0.25, -0.2) is 0 Å². The van der Waals surface area contributed by atoms with Crippen LogP contribution in [-0.2, 0) is 4.79 Å². The van der Waals surface area contributed by atoms with Crippen LogP contribution >= 0.6 is 23.5 Å². The Labute approximate surface area is 99.8 Å². The zero-order valence-corrected chi connectivity index (χ0v) is 10.7. The highest BCUT2D eigenvalue weighted by Gasteiger charge is 2.15. The van der Waals surface area contributed by atoms with Gasteiger partial charge in [0.05, 0.1) is 6.10 Å². The minimum absolute atomic E-state index is 0.0621. The second-order valence-electron chi connectivity index (χ2n) is 3.76. The molecule has 3 nitrogen and oxygen atoms in total. The summed E-state index contributed by atoms with van der Waals surface area (Å²) in [6, 6.07) is 0. The predicted molar refractivity (Wildman–Crippen MR) is 67.5 cm³/mol. The van der Waals surface area contributed by atoms with E-state index < -0.39 is 0 Å². The first-order valence-corrected chi connectivity index (χ1v) is 7.53. The minimum atomic E-state index is -0.379. The normalized spacial score (nSPS) is 23.5. The van der Waals surface area contributed by atoms with Gasteiger partial charge in [-0.1, -0.05) is 0 Å². The minimum Gasteiger partial charge on any atom is -0.393 e. The molecule has 1 aliphatic rings. The molecule has 0 bridgehead atoms. The molecule has 0 radical (unpaired) electrons. The van der Waals surface area contributed by atoms with Crippen LogP contribution in [0.1, 0.15) is 19.8 Å². The molecule has 0 aromatic carbocycles. The van der Waals surface area contributed by atoms with Gasteiger partial charge >= 0.3 is 0 Å². The van der Waals surface area contributed by atoms with Gasteiger partial charge in [-0.3, -0.25) is 4.79 Å². The van der Waals surface area contributed by atoms with Crippen molar-refractivity contribution in [3.05, 3.63) is 0 Å². The van der Waals surface area contributed by atoms with Crippen molar-refractivity contribution >= 4 is 29.4 Å². The number of thioether (sulfide) groups is 2. The Morgan fingerprint density at radius 1 is 1.60 bits per heavy atom. The van der Waals surface area contributed by atoms with Gasteiger partial charge in [-0.2, -0.15) is 23.5 Å². The van der Waals surface area contributed by atoms with Crippen molar-refractivity contribution in [3.8, 4) is 0 Å². The Hall–Kier alpha value is 0.130. The average Bonchev–Trinajstić information content (AvgIpc) is 2.25. The monoisotopic (exact) mass is 249 g/mol. The number of aliphatic hydroxyl groups is 1. The van der Waals surface area contributed by atoms with Crippen LogP contribution in [0.25, 0.3) is 0 Å². The summed E-state index contributed by atoms with van der Waals surface area (Å²) in [4.78, 5) is 11.4. The summed E-state index contributed by atoms with van der Waals surface area (Å²) in [5, 5.41) is 12.5. The molecular weight excluding hydrogens is 230 g/mol. The Morgan fingerprint density at radius 2 is 2.40 bits per heavy atom. The highest BCUT2D eigenvalue weighted by molar-refractivity contribution is 8.06. The number of amides is 1. The fourth-order valence-electron chi connectivity index (χ4n) is 1.31. The lowest BCUT2D eigenvalue weighted by molar-refractivity contribution is -0.121. The maximum absolute atomic E-state index is 11.4. The first-order chi connectivity index (χ1) is 7.18. The molecule has 5 heteroatoms. The van der Waals surface area contributed by atoms with E-state index in [0.29, 0.717) is 18.1 Å². The van der Waals surface area contributed by atoms with Crippen molar-refractivity contribution in [2.75, 3.05) is 23.8 Å². The summed E-state index contributed by atoms with van der Waals surface area (Å²) in [7, 11) is 0. The second-order valence-corrected chi connectivity index (χ2v) is 6.32. The van der Waals surface area contributed by atoms with Crippen LogP contribution in [0.3, 0.4) is 0 Å². The van der Waals surface area contributed by atoms with Crippen molar-refractivity contribution in [3.63, 3.8) is 0 Å². The molecule has 0 aromatic rings. The van der Waals surface area contributed by atoms with Crippen LogP contribution < -0.4 is 5.32 Å². The number of aliphatic hydroxyl groups excluding tert-OH is 1. The number of hydrogen-bond acceptors (Lipinski definition) is 4. The molecule has 1 saturated heterocycles. The Bertz CT molecular complexity index is 194. The van der Waals surface area contributed by atoms with Crippen LogP contribution in [0.5, 0.6) is 0 Å². The van der Waals surface area contributed by atoms with Gasteiger partial charge in [0.1, 0.15) is 0 Å². The molecule has 2 unspecified atom stereocenters. The lowest BCUT2D eigenvalue weighted by Crippen LogP contribution is -2.33. The summed E-state index contributed by atoms with van der Waals surface area (Å²) in [6.45, 7) is 2.48. The number of rotatable bonds is 5. The van der Waals surface area contributed by atoms with Crippen molar-refractivity contribution in [1.29, 1.82) is 0 Å². The van der Waals surface area contributed by atoms with Crippen LogP contribution in [0.4, 0.5) is 0 Å². The van der Waals surface area contributed by atoms with Crippen LogP contribution in [0, 0.1) is 0 Å². The maximum atomic E-state index is 11.4. The summed E-state index contributed by atoms with van der Waals surface area (Å²) < 4.78 is 0. The van der Waals surface area contributed by atoms with Crippen LogP contribution in [-0.4, -0.2) is 46.2 Å². The number of nitrogens with one attached hydrogen (secondary N) is 1. The first-order valence-electron chi connectivity index (χ1n) is 5.32. The Morgan fingerprint density at radius 3 is 3.00 bits per heavy atom. The van der Waals surface area contributed by atoms with E-state index in [9.17, 15) is 4.79 Å². The molecule has 0 saturated carbocycles. The fourth-order valence-corrected chi connectivity index (χ4v) is 3.92. The maximum Gasteiger partial charge on any atom is 0.220 e. The Balaban J connectivity index is 2.05. The molecular formula is C10H19NO2S2. The third-order valence-electron chi connectivity index (χ3n) is 2.20. The van der Waals surface area contributed by atoms with E-state index in [4.69, 9.17) is 5.11 Å². The van der Waals surface area contributed by atoms with Crippen molar-refractivity contribution in [2.45, 2.75) is 31.1 Å². The molecule has 15 heavy (non-hydrogen) atoms. The predicted octanol–water partition coefficient (Wildman–Crippen LogP) is 1.11. The van der Waals surface area contributed by atoms with Crippen molar-refractivity contribution < 1.29 is 9.90 Å². The number of carbonyl (C=O) groups is 1. The summed E-state index contributed by atoms with van der Waals surface area (Å²) >= 11 is 3.91. The van der Waals surface area contributed by atoms with E-state index in [0.717, 1.165) is 12.3 Å². The smallest absolute Gasteiger partial charge is 0.220 e. The van der Waals surface area contributed by atoms with Crippen LogP contribution in [0.15, 0.2) is 0 Å². The van der Waals surface area contributed by atoms with Gasteiger partial charge in [-0.05, 0) is 13.3 Å². The molecule has 88 valence electrons. The van der Waals surface area contributed by atoms with Gasteiger partial charge in [0.2, 0.25) is 5.91 Å². The third-order valence-corrected chi connectivity index (χ3v) is 5.05. The summed E-state index contributed by atoms with van der Waals surface area (Å²) in [5.74, 6) is 3.63. The zero-order chi connectivity index (χ0) is 11.1. The molecule has 1 fully saturated rings. The average molecular weight is 249 g/mol. The van der Waals surface area contributed by atoms with Gasteiger partial charge in [0.25, 0.3) is 0 Å². The van der Waals surface area contributed by atoms with Gasteiger partial charge in [0.15, 0.2) is 0 Å². The fraction of sp³-hybridized carbons (Fsp3) is 0.900. The van der Waals surface area contributed by atoms with Gasteiger partial charge in [-0.15, -0.1) is 0 Å². The van der Waals surface area contributed by atoms with E-state index in [1.807, 2.05) is 23.5 Å². The van der Waals surface area contributed by atoms with E-state index in [1.165, 1.54) is 11.5 Å². The first kappa shape index (κ1) is 13.2. The third kappa shape index (κ3) is 6.33. The second kappa shape index (κ2) is 7.41. The van der Waals surface area contributed by atoms with Crippen molar-refractivity contribution in [1.82, 2.24) is 5.32 Å². The molecule has 0 aliphatic carbocycles. The van der Waals surface area contributed by atoms with Gasteiger partial charge in [0, 0.05) is 35.5 Å². The highest BCUT2D eigenvalue weighted by Crippen LogP contribution is 2.23. The Kier molecular flexibility index (Phi) is 6.52. The van der Waals surface area contributed by atoms with E-state index in [1.54, 1.807) is 6.92 Å². The summed E-state index contributed by atoms with van der Waals surface area (Å²) in [6.07, 6.45) is 0.607. The lowest BCUT2D eigenvalue weighted by atomic mass is 10.2. The molecule has 0 spiro atoms. The lowest BCUT2D eigenvalue weighted by Gasteiger charge is -2.21. The SMILES string of the molecule is CC(O)CCC(=O)NCC1CSCCS1. The topological polar surface area (TPSA) is 49.3 Å². The molecule has 1 rings (SSSR count). The van der Waals surface area contributed by atoms with E-state index in [-0.39, 0.29) is 12.0 Å². The quantitative estimate of drug-likeness (QED) is 0.766. The molecule has 0 aromatic heterocycles. The van der Waals surface area contributed by atoms with Crippen LogP contribution in [0.2, 0.25) is 0 Å². The van der Waals surface area contributed by atoms with Crippen molar-refractivity contribution in [2.24, 2.45) is 0 Å². The highest BCUT2D eigenvalue weighted by atomic mass is 32.2. The molecule has 1 aliphatic heterocycles. The molecule has 1 amide bonds. The van der Waals surface area contributed by atoms with Gasteiger partial charge < -0.3 is 10.4 Å². The standard InChI is InChI=1S/C10H19NO2S2/c1-8(12)2-3-10(13)11-6-9-7-14-4-5-15-9/h8-9,12H,2-7H2,1H3,(H,11,13).